The third kappa shape index (κ3) is 2.26. The molecule has 0 aliphatic carbocycles. The van der Waals surface area contributed by atoms with Crippen LogP contribution in [0, 0.1) is 0 Å². The lowest BCUT2D eigenvalue weighted by molar-refractivity contribution is 0.549. The van der Waals surface area contributed by atoms with Gasteiger partial charge in [0.15, 0.2) is 0 Å². The van der Waals surface area contributed by atoms with Gasteiger partial charge in [-0.3, -0.25) is 0 Å². The topological polar surface area (TPSA) is 60.2 Å². The largest absolute Gasteiger partial charge is 0.332 e. The summed E-state index contributed by atoms with van der Waals surface area (Å²) in [6.07, 6.45) is 0. The summed E-state index contributed by atoms with van der Waals surface area (Å²) in [6, 6.07) is 5.28. The standard InChI is InChI=1S/C8H10FNO2S/c1-6(10)7-4-2-3-5-8(7)13(9,11)12/h2-6H,10H2,1H3. The third-order valence-electron chi connectivity index (χ3n) is 1.67. The highest BCUT2D eigenvalue weighted by molar-refractivity contribution is 7.86. The Kier molecular flexibility index (Phi) is 2.68. The van der Waals surface area contributed by atoms with E-state index in [0.717, 1.165) is 0 Å². The van der Waals surface area contributed by atoms with Crippen LogP contribution in [0.15, 0.2) is 29.2 Å². The molecule has 1 rings (SSSR count). The normalized spacial score (nSPS) is 14.1. The van der Waals surface area contributed by atoms with Gasteiger partial charge in [-0.1, -0.05) is 18.2 Å². The monoisotopic (exact) mass is 203 g/mol. The van der Waals surface area contributed by atoms with E-state index >= 15 is 0 Å². The van der Waals surface area contributed by atoms with Gasteiger partial charge in [0.1, 0.15) is 4.90 Å². The smallest absolute Gasteiger partial charge is 0.324 e. The van der Waals surface area contributed by atoms with Crippen molar-refractivity contribution in [3.8, 4) is 0 Å². The number of rotatable bonds is 2. The molecular formula is C8H10FNO2S. The summed E-state index contributed by atoms with van der Waals surface area (Å²) in [7, 11) is -4.66. The maximum atomic E-state index is 12.7. The van der Waals surface area contributed by atoms with Gasteiger partial charge >= 0.3 is 10.2 Å². The lowest BCUT2D eigenvalue weighted by Gasteiger charge is -2.08. The molecule has 0 bridgehead atoms. The van der Waals surface area contributed by atoms with E-state index in [0.29, 0.717) is 5.56 Å². The molecule has 1 atom stereocenters. The Hall–Kier alpha value is -0.940. The molecule has 72 valence electrons. The van der Waals surface area contributed by atoms with Gasteiger partial charge in [0, 0.05) is 6.04 Å². The summed E-state index contributed by atoms with van der Waals surface area (Å²) >= 11 is 0. The van der Waals surface area contributed by atoms with E-state index in [2.05, 4.69) is 0 Å². The SMILES string of the molecule is CC(N)c1ccccc1S(=O)(=O)F. The van der Waals surface area contributed by atoms with Crippen LogP contribution in [0.2, 0.25) is 0 Å². The Morgan fingerprint density at radius 2 is 1.92 bits per heavy atom. The average molecular weight is 203 g/mol. The minimum Gasteiger partial charge on any atom is -0.324 e. The van der Waals surface area contributed by atoms with Crippen LogP contribution in [0.4, 0.5) is 3.89 Å². The van der Waals surface area contributed by atoms with Gasteiger partial charge in [-0.05, 0) is 18.6 Å². The van der Waals surface area contributed by atoms with Gasteiger partial charge in [-0.2, -0.15) is 8.42 Å². The lowest BCUT2D eigenvalue weighted by Crippen LogP contribution is -2.09. The maximum Gasteiger partial charge on any atom is 0.332 e. The highest BCUT2D eigenvalue weighted by Gasteiger charge is 2.17. The fraction of sp³-hybridized carbons (Fsp3) is 0.250. The van der Waals surface area contributed by atoms with Gasteiger partial charge in [0.05, 0.1) is 0 Å². The molecule has 0 fully saturated rings. The quantitative estimate of drug-likeness (QED) is 0.738. The summed E-state index contributed by atoms with van der Waals surface area (Å²) in [6.45, 7) is 1.60. The van der Waals surface area contributed by atoms with Crippen molar-refractivity contribution in [3.63, 3.8) is 0 Å². The van der Waals surface area contributed by atoms with Gasteiger partial charge in [0.25, 0.3) is 0 Å². The molecule has 0 saturated heterocycles. The molecule has 0 radical (unpaired) electrons. The summed E-state index contributed by atoms with van der Waals surface area (Å²) < 4.78 is 33.9. The van der Waals surface area contributed by atoms with Crippen molar-refractivity contribution in [2.24, 2.45) is 5.73 Å². The molecule has 13 heavy (non-hydrogen) atoms. The first-order chi connectivity index (χ1) is 5.93. The van der Waals surface area contributed by atoms with Crippen molar-refractivity contribution in [3.05, 3.63) is 29.8 Å². The molecule has 1 unspecified atom stereocenters. The van der Waals surface area contributed by atoms with Crippen molar-refractivity contribution < 1.29 is 12.3 Å². The van der Waals surface area contributed by atoms with E-state index in [1.165, 1.54) is 18.2 Å². The summed E-state index contributed by atoms with van der Waals surface area (Å²) in [5, 5.41) is 0. The van der Waals surface area contributed by atoms with Gasteiger partial charge in [0.2, 0.25) is 0 Å². The summed E-state index contributed by atoms with van der Waals surface area (Å²) in [5.41, 5.74) is 5.78. The lowest BCUT2D eigenvalue weighted by atomic mass is 10.1. The first kappa shape index (κ1) is 10.1. The molecule has 3 nitrogen and oxygen atoms in total. The molecule has 0 aromatic heterocycles. The highest BCUT2D eigenvalue weighted by Crippen LogP contribution is 2.21. The molecule has 0 spiro atoms. The fourth-order valence-electron chi connectivity index (χ4n) is 1.08. The zero-order valence-corrected chi connectivity index (χ0v) is 7.88. The molecule has 1 aromatic carbocycles. The van der Waals surface area contributed by atoms with Crippen molar-refractivity contribution in [1.82, 2.24) is 0 Å². The Balaban J connectivity index is 3.37. The third-order valence-corrected chi connectivity index (χ3v) is 2.57. The number of hydrogen-bond donors (Lipinski definition) is 1. The Labute approximate surface area is 76.6 Å². The summed E-state index contributed by atoms with van der Waals surface area (Å²) in [5.74, 6) is 0. The second kappa shape index (κ2) is 3.43. The van der Waals surface area contributed by atoms with Crippen molar-refractivity contribution in [1.29, 1.82) is 0 Å². The van der Waals surface area contributed by atoms with Crippen LogP contribution in [0.3, 0.4) is 0 Å². The van der Waals surface area contributed by atoms with Crippen LogP contribution in [0.1, 0.15) is 18.5 Å². The first-order valence-corrected chi connectivity index (χ1v) is 5.10. The van der Waals surface area contributed by atoms with Crippen LogP contribution in [0.5, 0.6) is 0 Å². The predicted octanol–water partition coefficient (Wildman–Crippen LogP) is 1.36. The van der Waals surface area contributed by atoms with Gasteiger partial charge in [-0.15, -0.1) is 3.89 Å². The average Bonchev–Trinajstić information content (AvgIpc) is 2.03. The van der Waals surface area contributed by atoms with Crippen LogP contribution in [0.25, 0.3) is 0 Å². The number of benzene rings is 1. The minimum absolute atomic E-state index is 0.296. The Morgan fingerprint density at radius 3 is 2.31 bits per heavy atom. The van der Waals surface area contributed by atoms with E-state index in [1.807, 2.05) is 0 Å². The van der Waals surface area contributed by atoms with E-state index in [4.69, 9.17) is 5.73 Å². The molecule has 0 aliphatic heterocycles. The highest BCUT2D eigenvalue weighted by atomic mass is 32.3. The van der Waals surface area contributed by atoms with E-state index < -0.39 is 16.3 Å². The van der Waals surface area contributed by atoms with Crippen LogP contribution in [-0.4, -0.2) is 8.42 Å². The Morgan fingerprint density at radius 1 is 1.38 bits per heavy atom. The second-order valence-electron chi connectivity index (χ2n) is 2.76. The predicted molar refractivity (Wildman–Crippen MR) is 47.3 cm³/mol. The Bertz CT molecular complexity index is 400. The molecule has 5 heteroatoms. The first-order valence-electron chi connectivity index (χ1n) is 3.72. The van der Waals surface area contributed by atoms with Crippen LogP contribution < -0.4 is 5.73 Å². The van der Waals surface area contributed by atoms with Crippen molar-refractivity contribution in [2.75, 3.05) is 0 Å². The fourth-order valence-corrected chi connectivity index (χ4v) is 1.86. The number of nitrogens with two attached hydrogens (primary N) is 1. The maximum absolute atomic E-state index is 12.7. The van der Waals surface area contributed by atoms with Crippen molar-refractivity contribution in [2.45, 2.75) is 17.9 Å². The van der Waals surface area contributed by atoms with Gasteiger partial charge in [-0.25, -0.2) is 0 Å². The van der Waals surface area contributed by atoms with Crippen LogP contribution in [-0.2, 0) is 10.2 Å². The number of hydrogen-bond acceptors (Lipinski definition) is 3. The van der Waals surface area contributed by atoms with E-state index in [1.54, 1.807) is 13.0 Å². The molecule has 2 N–H and O–H groups in total. The molecule has 0 aliphatic rings. The second-order valence-corrected chi connectivity index (χ2v) is 4.08. The zero-order valence-electron chi connectivity index (χ0n) is 7.07. The number of halogens is 1. The van der Waals surface area contributed by atoms with Crippen molar-refractivity contribution >= 4 is 10.2 Å². The molecule has 0 heterocycles. The van der Waals surface area contributed by atoms with E-state index in [-0.39, 0.29) is 4.90 Å². The van der Waals surface area contributed by atoms with E-state index in [9.17, 15) is 12.3 Å². The van der Waals surface area contributed by atoms with Crippen LogP contribution >= 0.6 is 0 Å². The summed E-state index contributed by atoms with van der Waals surface area (Å²) in [4.78, 5) is -0.343. The molecule has 0 amide bonds. The zero-order chi connectivity index (χ0) is 10.1. The molecule has 1 aromatic rings. The van der Waals surface area contributed by atoms with Gasteiger partial charge < -0.3 is 5.73 Å². The molecular weight excluding hydrogens is 193 g/mol. The molecule has 0 saturated carbocycles. The minimum atomic E-state index is -4.66.